The molecule has 0 aliphatic heterocycles. The number of hydrogen-bond donors (Lipinski definition) is 1. The minimum Gasteiger partial charge on any atom is -0.258 e. The maximum Gasteiger partial charge on any atom is 0.278 e. The first-order valence-corrected chi connectivity index (χ1v) is 8.50. The lowest BCUT2D eigenvalue weighted by molar-refractivity contribution is -0.385. The van der Waals surface area contributed by atoms with Gasteiger partial charge in [-0.3, -0.25) is 15.5 Å². The van der Waals surface area contributed by atoms with Crippen molar-refractivity contribution < 1.29 is 4.92 Å². The Hall–Kier alpha value is -2.58. The van der Waals surface area contributed by atoms with Gasteiger partial charge in [-0.1, -0.05) is 53.8 Å². The van der Waals surface area contributed by atoms with Crippen molar-refractivity contribution in [3.05, 3.63) is 74.1 Å². The average Bonchev–Trinajstić information content (AvgIpc) is 2.97. The van der Waals surface area contributed by atoms with Crippen molar-refractivity contribution in [2.45, 2.75) is 0 Å². The number of hydrazone groups is 1. The van der Waals surface area contributed by atoms with Crippen LogP contribution in [0.4, 0.5) is 10.8 Å². The van der Waals surface area contributed by atoms with E-state index >= 15 is 0 Å². The molecule has 0 fully saturated rings. The van der Waals surface area contributed by atoms with Gasteiger partial charge >= 0.3 is 0 Å². The Kier molecular flexibility index (Phi) is 4.97. The van der Waals surface area contributed by atoms with Crippen LogP contribution >= 0.6 is 27.3 Å². The molecule has 8 heteroatoms. The maximum atomic E-state index is 11.0. The number of para-hydroxylation sites is 1. The fraction of sp³-hybridized carbons (Fsp3) is 0. The summed E-state index contributed by atoms with van der Waals surface area (Å²) in [5.41, 5.74) is 5.07. The number of anilines is 1. The van der Waals surface area contributed by atoms with E-state index in [9.17, 15) is 10.1 Å². The summed E-state index contributed by atoms with van der Waals surface area (Å²) in [7, 11) is 0. The van der Waals surface area contributed by atoms with Crippen LogP contribution in [0.5, 0.6) is 0 Å². The van der Waals surface area contributed by atoms with E-state index in [0.717, 1.165) is 15.0 Å². The fourth-order valence-corrected chi connectivity index (χ4v) is 3.49. The van der Waals surface area contributed by atoms with Crippen LogP contribution in [0, 0.1) is 10.1 Å². The topological polar surface area (TPSA) is 80.4 Å². The number of aromatic nitrogens is 1. The zero-order valence-corrected chi connectivity index (χ0v) is 14.6. The van der Waals surface area contributed by atoms with Crippen molar-refractivity contribution in [1.82, 2.24) is 4.98 Å². The van der Waals surface area contributed by atoms with Crippen LogP contribution in [-0.4, -0.2) is 16.1 Å². The van der Waals surface area contributed by atoms with Crippen LogP contribution in [0.25, 0.3) is 11.3 Å². The van der Waals surface area contributed by atoms with Crippen molar-refractivity contribution in [2.75, 3.05) is 5.43 Å². The van der Waals surface area contributed by atoms with Crippen molar-refractivity contribution >= 4 is 44.3 Å². The Labute approximate surface area is 150 Å². The molecule has 1 heterocycles. The summed E-state index contributed by atoms with van der Waals surface area (Å²) in [4.78, 5) is 15.0. The molecule has 24 heavy (non-hydrogen) atoms. The lowest BCUT2D eigenvalue weighted by Gasteiger charge is -1.97. The highest BCUT2D eigenvalue weighted by molar-refractivity contribution is 9.11. The van der Waals surface area contributed by atoms with Gasteiger partial charge in [-0.25, -0.2) is 4.98 Å². The molecule has 0 radical (unpaired) electrons. The quantitative estimate of drug-likeness (QED) is 0.372. The number of rotatable bonds is 5. The fourth-order valence-electron chi connectivity index (χ4n) is 2.04. The molecule has 0 aliphatic carbocycles. The first kappa shape index (κ1) is 16.3. The molecular formula is C16H11BrN4O2S. The summed E-state index contributed by atoms with van der Waals surface area (Å²) in [6, 6.07) is 16.2. The minimum absolute atomic E-state index is 0.00773. The van der Waals surface area contributed by atoms with E-state index in [-0.39, 0.29) is 5.69 Å². The summed E-state index contributed by atoms with van der Waals surface area (Å²) in [5.74, 6) is 0. The van der Waals surface area contributed by atoms with Gasteiger partial charge in [0.25, 0.3) is 5.69 Å². The highest BCUT2D eigenvalue weighted by Crippen LogP contribution is 2.35. The molecule has 0 unspecified atom stereocenters. The molecule has 0 atom stereocenters. The predicted octanol–water partition coefficient (Wildman–Crippen LogP) is 4.93. The lowest BCUT2D eigenvalue weighted by atomic mass is 10.2. The van der Waals surface area contributed by atoms with Crippen LogP contribution < -0.4 is 5.43 Å². The van der Waals surface area contributed by atoms with Crippen molar-refractivity contribution in [3.8, 4) is 11.3 Å². The summed E-state index contributed by atoms with van der Waals surface area (Å²) in [6.45, 7) is 0. The van der Waals surface area contributed by atoms with E-state index in [1.54, 1.807) is 18.2 Å². The zero-order chi connectivity index (χ0) is 16.9. The molecule has 3 rings (SSSR count). The number of thiazole rings is 1. The van der Waals surface area contributed by atoms with Gasteiger partial charge < -0.3 is 0 Å². The normalized spacial score (nSPS) is 10.9. The third-order valence-corrected chi connectivity index (χ3v) is 4.74. The van der Waals surface area contributed by atoms with Gasteiger partial charge in [0.05, 0.1) is 26.2 Å². The van der Waals surface area contributed by atoms with E-state index in [0.29, 0.717) is 10.7 Å². The Morgan fingerprint density at radius 2 is 1.88 bits per heavy atom. The first-order chi connectivity index (χ1) is 11.6. The van der Waals surface area contributed by atoms with E-state index < -0.39 is 4.92 Å². The molecule has 0 saturated heterocycles. The van der Waals surface area contributed by atoms with Crippen LogP contribution in [-0.2, 0) is 0 Å². The van der Waals surface area contributed by atoms with Gasteiger partial charge in [-0.15, -0.1) is 0 Å². The van der Waals surface area contributed by atoms with Gasteiger partial charge in [0.1, 0.15) is 0 Å². The molecule has 1 aromatic heterocycles. The highest BCUT2D eigenvalue weighted by atomic mass is 79.9. The van der Waals surface area contributed by atoms with Gasteiger partial charge in [0.2, 0.25) is 5.13 Å². The average molecular weight is 403 g/mol. The molecule has 0 amide bonds. The Balaban J connectivity index is 1.78. The summed E-state index contributed by atoms with van der Waals surface area (Å²) in [5, 5.41) is 15.6. The third kappa shape index (κ3) is 3.66. The van der Waals surface area contributed by atoms with Crippen LogP contribution in [0.15, 0.2) is 63.5 Å². The second-order valence-corrected chi connectivity index (χ2v) is 7.01. The monoisotopic (exact) mass is 402 g/mol. The molecule has 2 aromatic carbocycles. The number of benzene rings is 2. The molecule has 0 aliphatic rings. The summed E-state index contributed by atoms with van der Waals surface area (Å²) < 4.78 is 0.886. The first-order valence-electron chi connectivity index (χ1n) is 6.89. The van der Waals surface area contributed by atoms with Gasteiger partial charge in [-0.2, -0.15) is 5.10 Å². The van der Waals surface area contributed by atoms with Gasteiger partial charge in [0, 0.05) is 11.6 Å². The van der Waals surface area contributed by atoms with Crippen molar-refractivity contribution in [3.63, 3.8) is 0 Å². The SMILES string of the molecule is O=[N+]([O-])c1ccccc1/C=N\Nc1nc(-c2ccccc2)c(Br)s1. The molecule has 6 nitrogen and oxygen atoms in total. The largest absolute Gasteiger partial charge is 0.278 e. The van der Waals surface area contributed by atoms with Gasteiger partial charge in [-0.05, 0) is 22.0 Å². The number of nitro benzene ring substituents is 1. The number of nitrogens with one attached hydrogen (secondary N) is 1. The van der Waals surface area contributed by atoms with Crippen LogP contribution in [0.1, 0.15) is 5.56 Å². The van der Waals surface area contributed by atoms with E-state index in [4.69, 9.17) is 0 Å². The number of nitrogens with zero attached hydrogens (tertiary/aromatic N) is 3. The molecule has 0 bridgehead atoms. The maximum absolute atomic E-state index is 11.0. The molecule has 3 aromatic rings. The lowest BCUT2D eigenvalue weighted by Crippen LogP contribution is -1.96. The van der Waals surface area contributed by atoms with Crippen molar-refractivity contribution in [1.29, 1.82) is 0 Å². The van der Waals surface area contributed by atoms with E-state index in [2.05, 4.69) is 31.4 Å². The number of halogens is 1. The predicted molar refractivity (Wildman–Crippen MR) is 99.6 cm³/mol. The zero-order valence-electron chi connectivity index (χ0n) is 12.2. The number of hydrogen-bond acceptors (Lipinski definition) is 6. The standard InChI is InChI=1S/C16H11BrN4O2S/c17-15-14(11-6-2-1-3-7-11)19-16(24-15)20-18-10-12-8-4-5-9-13(12)21(22)23/h1-10H,(H,19,20)/b18-10-. The smallest absolute Gasteiger partial charge is 0.258 e. The third-order valence-electron chi connectivity index (χ3n) is 3.13. The molecular weight excluding hydrogens is 392 g/mol. The Morgan fingerprint density at radius 3 is 2.62 bits per heavy atom. The van der Waals surface area contributed by atoms with E-state index in [1.807, 2.05) is 30.3 Å². The summed E-state index contributed by atoms with van der Waals surface area (Å²) >= 11 is 4.90. The second-order valence-electron chi connectivity index (χ2n) is 4.69. The Bertz CT molecular complexity index is 896. The minimum atomic E-state index is -0.436. The molecule has 1 N–H and O–H groups in total. The molecule has 0 saturated carbocycles. The van der Waals surface area contributed by atoms with E-state index in [1.165, 1.54) is 23.6 Å². The van der Waals surface area contributed by atoms with Crippen LogP contribution in [0.3, 0.4) is 0 Å². The molecule has 0 spiro atoms. The highest BCUT2D eigenvalue weighted by Gasteiger charge is 2.11. The van der Waals surface area contributed by atoms with Gasteiger partial charge in [0.15, 0.2) is 0 Å². The summed E-state index contributed by atoms with van der Waals surface area (Å²) in [6.07, 6.45) is 1.41. The number of nitro groups is 1. The van der Waals surface area contributed by atoms with Crippen LogP contribution in [0.2, 0.25) is 0 Å². The van der Waals surface area contributed by atoms with Crippen molar-refractivity contribution in [2.24, 2.45) is 5.10 Å². The molecule has 120 valence electrons. The Morgan fingerprint density at radius 1 is 1.17 bits per heavy atom. The second kappa shape index (κ2) is 7.33.